The molecule has 0 saturated heterocycles. The molecule has 0 atom stereocenters. The second-order valence-electron chi connectivity index (χ2n) is 5.30. The molecule has 0 unspecified atom stereocenters. The lowest BCUT2D eigenvalue weighted by Crippen LogP contribution is -3.00. The summed E-state index contributed by atoms with van der Waals surface area (Å²) in [6.07, 6.45) is 9.68. The molecule has 0 aliphatic rings. The molecule has 0 radical (unpaired) electrons. The lowest BCUT2D eigenvalue weighted by molar-refractivity contribution is -0.928. The van der Waals surface area contributed by atoms with E-state index in [2.05, 4.69) is 27.7 Å². The third-order valence-electron chi connectivity index (χ3n) is 3.58. The molecule has 0 saturated carbocycles. The number of nitrogens with zero attached hydrogens (tertiary/aromatic N) is 1. The van der Waals surface area contributed by atoms with Crippen molar-refractivity contribution in [3.8, 4) is 0 Å². The summed E-state index contributed by atoms with van der Waals surface area (Å²) in [6.45, 7) is 14.9. The van der Waals surface area contributed by atoms with Crippen LogP contribution in [0.15, 0.2) is 0 Å². The van der Waals surface area contributed by atoms with Gasteiger partial charge in [0, 0.05) is 0 Å². The Labute approximate surface area is 116 Å². The van der Waals surface area contributed by atoms with Crippen LogP contribution in [0.2, 0.25) is 0 Å². The van der Waals surface area contributed by atoms with Gasteiger partial charge in [-0.15, -0.1) is 0 Å². The molecule has 0 aliphatic carbocycles. The van der Waals surface area contributed by atoms with Gasteiger partial charge >= 0.3 is 0 Å². The molecule has 0 N–H and O–H groups in total. The van der Waals surface area contributed by atoms with Gasteiger partial charge in [0.25, 0.3) is 0 Å². The maximum absolute atomic E-state index is 2.34. The Kier molecular flexibility index (Phi) is 14.6. The predicted octanol–water partition coefficient (Wildman–Crippen LogP) is 1.62. The standard InChI is InChI=1S/C15H34N.ClH/c1-5-9-10-11-15-16(12-6-2,13-7-3)14-8-4;/h5-15H2,1-4H3;1H/q+1;/p-1. The highest BCUT2D eigenvalue weighted by molar-refractivity contribution is 4.47. The van der Waals surface area contributed by atoms with Gasteiger partial charge in [0.2, 0.25) is 0 Å². The SMILES string of the molecule is CCCCCC[N+](CCC)(CCC)CCC.[Cl-]. The van der Waals surface area contributed by atoms with Gasteiger partial charge in [-0.3, -0.25) is 0 Å². The third-order valence-corrected chi connectivity index (χ3v) is 3.58. The largest absolute Gasteiger partial charge is 1.00 e. The number of unbranched alkanes of at least 4 members (excludes halogenated alkanes) is 3. The van der Waals surface area contributed by atoms with Crippen LogP contribution >= 0.6 is 0 Å². The van der Waals surface area contributed by atoms with Crippen LogP contribution in [0.5, 0.6) is 0 Å². The normalized spacial score (nSPS) is 11.3. The van der Waals surface area contributed by atoms with E-state index >= 15 is 0 Å². The van der Waals surface area contributed by atoms with Crippen LogP contribution in [-0.2, 0) is 0 Å². The van der Waals surface area contributed by atoms with Crippen molar-refractivity contribution in [2.24, 2.45) is 0 Å². The van der Waals surface area contributed by atoms with E-state index in [1.807, 2.05) is 0 Å². The summed E-state index contributed by atoms with van der Waals surface area (Å²) >= 11 is 0. The second-order valence-corrected chi connectivity index (χ2v) is 5.30. The monoisotopic (exact) mass is 263 g/mol. The molecular formula is C15H34ClN. The van der Waals surface area contributed by atoms with Crippen LogP contribution < -0.4 is 12.4 Å². The van der Waals surface area contributed by atoms with Gasteiger partial charge in [0.05, 0.1) is 26.2 Å². The van der Waals surface area contributed by atoms with E-state index in [4.69, 9.17) is 0 Å². The van der Waals surface area contributed by atoms with Crippen molar-refractivity contribution >= 4 is 0 Å². The zero-order chi connectivity index (χ0) is 12.3. The maximum Gasteiger partial charge on any atom is 0.0786 e. The first-order valence-corrected chi connectivity index (χ1v) is 7.59. The van der Waals surface area contributed by atoms with Gasteiger partial charge in [-0.25, -0.2) is 0 Å². The molecule has 1 nitrogen and oxygen atoms in total. The fraction of sp³-hybridized carbons (Fsp3) is 1.00. The summed E-state index contributed by atoms with van der Waals surface area (Å²) in [5, 5.41) is 0. The Bertz CT molecular complexity index is 131. The van der Waals surface area contributed by atoms with E-state index in [0.29, 0.717) is 0 Å². The molecule has 0 heterocycles. The molecule has 2 heteroatoms. The molecule has 0 aromatic rings. The number of quaternary nitrogens is 1. The zero-order valence-electron chi connectivity index (χ0n) is 12.6. The molecule has 0 aromatic heterocycles. The van der Waals surface area contributed by atoms with Gasteiger partial charge in [-0.05, 0) is 32.1 Å². The van der Waals surface area contributed by atoms with Crippen molar-refractivity contribution < 1.29 is 16.9 Å². The summed E-state index contributed by atoms with van der Waals surface area (Å²) in [6, 6.07) is 0. The Morgan fingerprint density at radius 1 is 0.529 bits per heavy atom. The van der Waals surface area contributed by atoms with Crippen molar-refractivity contribution in [3.05, 3.63) is 0 Å². The highest BCUT2D eigenvalue weighted by Gasteiger charge is 2.23. The molecule has 0 aliphatic heterocycles. The minimum absolute atomic E-state index is 0. The zero-order valence-corrected chi connectivity index (χ0v) is 13.4. The third kappa shape index (κ3) is 8.90. The smallest absolute Gasteiger partial charge is 0.0786 e. The van der Waals surface area contributed by atoms with Gasteiger partial charge in [0.15, 0.2) is 0 Å². The van der Waals surface area contributed by atoms with Gasteiger partial charge in [-0.2, -0.15) is 0 Å². The summed E-state index contributed by atoms with van der Waals surface area (Å²) in [5.41, 5.74) is 0. The Hall–Kier alpha value is 0.250. The Morgan fingerprint density at radius 3 is 1.35 bits per heavy atom. The molecule has 0 amide bonds. The lowest BCUT2D eigenvalue weighted by atomic mass is 10.1. The Balaban J connectivity index is 0. The maximum atomic E-state index is 2.34. The average Bonchev–Trinajstić information content (AvgIpc) is 2.26. The first-order chi connectivity index (χ1) is 7.74. The van der Waals surface area contributed by atoms with Crippen molar-refractivity contribution in [1.29, 1.82) is 0 Å². The van der Waals surface area contributed by atoms with E-state index in [-0.39, 0.29) is 12.4 Å². The summed E-state index contributed by atoms with van der Waals surface area (Å²) in [5.74, 6) is 0. The molecular weight excluding hydrogens is 230 g/mol. The lowest BCUT2D eigenvalue weighted by Gasteiger charge is -2.38. The van der Waals surface area contributed by atoms with E-state index in [9.17, 15) is 0 Å². The summed E-state index contributed by atoms with van der Waals surface area (Å²) < 4.78 is 1.40. The number of hydrogen-bond donors (Lipinski definition) is 0. The van der Waals surface area contributed by atoms with Crippen LogP contribution in [0.25, 0.3) is 0 Å². The quantitative estimate of drug-likeness (QED) is 0.393. The topological polar surface area (TPSA) is 0 Å². The van der Waals surface area contributed by atoms with Gasteiger partial charge in [0.1, 0.15) is 0 Å². The van der Waals surface area contributed by atoms with Gasteiger partial charge in [-0.1, -0.05) is 40.5 Å². The van der Waals surface area contributed by atoms with E-state index in [1.165, 1.54) is 75.6 Å². The highest BCUT2D eigenvalue weighted by atomic mass is 35.5. The highest BCUT2D eigenvalue weighted by Crippen LogP contribution is 2.14. The summed E-state index contributed by atoms with van der Waals surface area (Å²) in [7, 11) is 0. The number of halogens is 1. The minimum Gasteiger partial charge on any atom is -1.00 e. The number of rotatable bonds is 11. The van der Waals surface area contributed by atoms with E-state index in [0.717, 1.165) is 0 Å². The van der Waals surface area contributed by atoms with Crippen molar-refractivity contribution in [2.45, 2.75) is 72.6 Å². The molecule has 0 spiro atoms. The van der Waals surface area contributed by atoms with Crippen LogP contribution in [0.4, 0.5) is 0 Å². The van der Waals surface area contributed by atoms with Crippen molar-refractivity contribution in [3.63, 3.8) is 0 Å². The summed E-state index contributed by atoms with van der Waals surface area (Å²) in [4.78, 5) is 0. The minimum atomic E-state index is 0. The molecule has 0 aromatic carbocycles. The fourth-order valence-electron chi connectivity index (χ4n) is 2.97. The molecule has 17 heavy (non-hydrogen) atoms. The van der Waals surface area contributed by atoms with Gasteiger partial charge < -0.3 is 16.9 Å². The van der Waals surface area contributed by atoms with Crippen molar-refractivity contribution in [2.75, 3.05) is 26.2 Å². The van der Waals surface area contributed by atoms with Crippen LogP contribution in [-0.4, -0.2) is 30.7 Å². The average molecular weight is 264 g/mol. The molecule has 0 bridgehead atoms. The molecule has 0 rings (SSSR count). The van der Waals surface area contributed by atoms with Crippen LogP contribution in [0.3, 0.4) is 0 Å². The predicted molar refractivity (Wildman–Crippen MR) is 74.7 cm³/mol. The first-order valence-electron chi connectivity index (χ1n) is 7.59. The second kappa shape index (κ2) is 12.7. The Morgan fingerprint density at radius 2 is 1.00 bits per heavy atom. The van der Waals surface area contributed by atoms with E-state index in [1.54, 1.807) is 0 Å². The fourth-order valence-corrected chi connectivity index (χ4v) is 2.97. The first kappa shape index (κ1) is 19.6. The molecule has 106 valence electrons. The number of hydrogen-bond acceptors (Lipinski definition) is 0. The molecule has 0 fully saturated rings. The van der Waals surface area contributed by atoms with Crippen LogP contribution in [0, 0.1) is 0 Å². The van der Waals surface area contributed by atoms with E-state index < -0.39 is 0 Å². The van der Waals surface area contributed by atoms with Crippen molar-refractivity contribution in [1.82, 2.24) is 0 Å². The van der Waals surface area contributed by atoms with Crippen LogP contribution in [0.1, 0.15) is 72.6 Å².